The summed E-state index contributed by atoms with van der Waals surface area (Å²) in [5, 5.41) is 24.7. The number of rotatable bonds is 9. The van der Waals surface area contributed by atoms with E-state index in [0.717, 1.165) is 16.3 Å². The molecule has 0 spiro atoms. The van der Waals surface area contributed by atoms with Crippen LogP contribution in [0.25, 0.3) is 22.2 Å². The van der Waals surface area contributed by atoms with Crippen LogP contribution in [0.3, 0.4) is 0 Å². The van der Waals surface area contributed by atoms with Crippen molar-refractivity contribution in [2.75, 3.05) is 31.9 Å². The Balaban J connectivity index is 1.57. The minimum absolute atomic E-state index is 0.116. The number of phenols is 1. The number of nitrogens with zero attached hydrogens (tertiary/aromatic N) is 3. The highest BCUT2D eigenvalue weighted by Crippen LogP contribution is 2.34. The van der Waals surface area contributed by atoms with E-state index in [4.69, 9.17) is 9.47 Å². The molecule has 0 aliphatic rings. The van der Waals surface area contributed by atoms with Crippen LogP contribution >= 0.6 is 11.8 Å². The first-order valence-electron chi connectivity index (χ1n) is 10.7. The van der Waals surface area contributed by atoms with Crippen LogP contribution in [0, 0.1) is 6.92 Å². The van der Waals surface area contributed by atoms with E-state index < -0.39 is 0 Å². The standard InChI is InChI=1S/C25H26N4O4S/c1-16-8-9-22(33-3)20(12-16)26-23(31)15-34-25-28-27-24(29(25)10-11-32-2)19-13-17-6-4-5-7-18(17)14-21(19)30/h4-9,12-14,30H,10-11,15H2,1-3H3,(H,26,31). The lowest BCUT2D eigenvalue weighted by molar-refractivity contribution is -0.113. The highest BCUT2D eigenvalue weighted by atomic mass is 32.2. The zero-order chi connectivity index (χ0) is 24.1. The van der Waals surface area contributed by atoms with Crippen LogP contribution in [-0.2, 0) is 16.1 Å². The third-order valence-electron chi connectivity index (χ3n) is 5.30. The number of ether oxygens (including phenoxy) is 2. The first-order chi connectivity index (χ1) is 16.5. The number of nitrogens with one attached hydrogen (secondary N) is 1. The van der Waals surface area contributed by atoms with Crippen molar-refractivity contribution in [3.63, 3.8) is 0 Å². The van der Waals surface area contributed by atoms with Gasteiger partial charge in [0, 0.05) is 7.11 Å². The third-order valence-corrected chi connectivity index (χ3v) is 6.27. The maximum atomic E-state index is 12.7. The van der Waals surface area contributed by atoms with Gasteiger partial charge < -0.3 is 19.9 Å². The van der Waals surface area contributed by atoms with Gasteiger partial charge in [0.1, 0.15) is 11.5 Å². The van der Waals surface area contributed by atoms with Gasteiger partial charge in [-0.15, -0.1) is 10.2 Å². The van der Waals surface area contributed by atoms with Crippen LogP contribution in [0.5, 0.6) is 11.5 Å². The number of anilines is 1. The lowest BCUT2D eigenvalue weighted by atomic mass is 10.1. The molecule has 0 radical (unpaired) electrons. The van der Waals surface area contributed by atoms with Crippen molar-refractivity contribution in [2.45, 2.75) is 18.6 Å². The normalized spacial score (nSPS) is 11.0. The summed E-state index contributed by atoms with van der Waals surface area (Å²) in [7, 11) is 3.18. The maximum Gasteiger partial charge on any atom is 0.234 e. The number of methoxy groups -OCH3 is 2. The first kappa shape index (κ1) is 23.6. The highest BCUT2D eigenvalue weighted by Gasteiger charge is 2.19. The number of hydrogen-bond donors (Lipinski definition) is 2. The number of carbonyl (C=O) groups is 1. The number of aromatic hydroxyl groups is 1. The summed E-state index contributed by atoms with van der Waals surface area (Å²) in [5.41, 5.74) is 2.21. The summed E-state index contributed by atoms with van der Waals surface area (Å²) in [6.45, 7) is 2.85. The minimum Gasteiger partial charge on any atom is -0.507 e. The fourth-order valence-electron chi connectivity index (χ4n) is 3.62. The number of thioether (sulfide) groups is 1. The molecule has 2 N–H and O–H groups in total. The van der Waals surface area contributed by atoms with Crippen LogP contribution in [0.15, 0.2) is 59.8 Å². The summed E-state index contributed by atoms with van der Waals surface area (Å²) in [6, 6.07) is 17.0. The third kappa shape index (κ3) is 5.16. The van der Waals surface area contributed by atoms with Gasteiger partial charge in [-0.1, -0.05) is 42.1 Å². The van der Waals surface area contributed by atoms with E-state index >= 15 is 0 Å². The van der Waals surface area contributed by atoms with Crippen molar-refractivity contribution >= 4 is 34.1 Å². The second-order valence-electron chi connectivity index (χ2n) is 7.71. The smallest absolute Gasteiger partial charge is 0.234 e. The average Bonchev–Trinajstić information content (AvgIpc) is 3.23. The van der Waals surface area contributed by atoms with Crippen molar-refractivity contribution < 1.29 is 19.4 Å². The second kappa shape index (κ2) is 10.6. The topological polar surface area (TPSA) is 98.5 Å². The van der Waals surface area contributed by atoms with Gasteiger partial charge in [0.15, 0.2) is 11.0 Å². The SMILES string of the molecule is COCCn1c(SCC(=O)Nc2cc(C)ccc2OC)nnc1-c1cc2ccccc2cc1O. The summed E-state index contributed by atoms with van der Waals surface area (Å²) in [6.07, 6.45) is 0. The molecule has 1 amide bonds. The molecule has 1 aromatic heterocycles. The fraction of sp³-hybridized carbons (Fsp3) is 0.240. The average molecular weight is 479 g/mol. The zero-order valence-corrected chi connectivity index (χ0v) is 20.1. The zero-order valence-electron chi connectivity index (χ0n) is 19.2. The van der Waals surface area contributed by atoms with Gasteiger partial charge in [0.25, 0.3) is 0 Å². The molecule has 3 aromatic carbocycles. The molecule has 0 atom stereocenters. The van der Waals surface area contributed by atoms with Gasteiger partial charge in [-0.25, -0.2) is 0 Å². The van der Waals surface area contributed by atoms with Gasteiger partial charge in [-0.2, -0.15) is 0 Å². The molecular formula is C25H26N4O4S. The van der Waals surface area contributed by atoms with Crippen molar-refractivity contribution in [2.24, 2.45) is 0 Å². The van der Waals surface area contributed by atoms with Gasteiger partial charge in [0.2, 0.25) is 5.91 Å². The molecule has 0 aliphatic heterocycles. The quantitative estimate of drug-likeness (QED) is 0.342. The Bertz CT molecular complexity index is 1320. The van der Waals surface area contributed by atoms with E-state index in [0.29, 0.717) is 41.1 Å². The Morgan fingerprint density at radius 2 is 1.85 bits per heavy atom. The predicted molar refractivity (Wildman–Crippen MR) is 134 cm³/mol. The van der Waals surface area contributed by atoms with Gasteiger partial charge in [0.05, 0.1) is 37.3 Å². The molecule has 0 saturated heterocycles. The molecule has 34 heavy (non-hydrogen) atoms. The predicted octanol–water partition coefficient (Wildman–Crippen LogP) is 4.50. The van der Waals surface area contributed by atoms with E-state index in [1.54, 1.807) is 20.3 Å². The van der Waals surface area contributed by atoms with E-state index in [1.807, 2.05) is 60.0 Å². The van der Waals surface area contributed by atoms with Crippen molar-refractivity contribution in [3.05, 3.63) is 60.2 Å². The second-order valence-corrected chi connectivity index (χ2v) is 8.65. The molecule has 0 aliphatic carbocycles. The molecule has 0 fully saturated rings. The van der Waals surface area contributed by atoms with Gasteiger partial charge in [-0.05, 0) is 47.5 Å². The molecule has 4 aromatic rings. The van der Waals surface area contributed by atoms with E-state index in [1.165, 1.54) is 11.8 Å². The number of fused-ring (bicyclic) bond motifs is 1. The molecule has 0 saturated carbocycles. The molecule has 0 unspecified atom stereocenters. The minimum atomic E-state index is -0.190. The molecular weight excluding hydrogens is 452 g/mol. The largest absolute Gasteiger partial charge is 0.507 e. The summed E-state index contributed by atoms with van der Waals surface area (Å²) in [5.74, 6) is 1.17. The molecule has 9 heteroatoms. The monoisotopic (exact) mass is 478 g/mol. The Morgan fingerprint density at radius 3 is 2.59 bits per heavy atom. The number of aromatic nitrogens is 3. The summed E-state index contributed by atoms with van der Waals surface area (Å²) >= 11 is 1.27. The lowest BCUT2D eigenvalue weighted by Crippen LogP contribution is -2.16. The molecule has 1 heterocycles. The number of amides is 1. The Hall–Kier alpha value is -3.56. The fourth-order valence-corrected chi connectivity index (χ4v) is 4.39. The lowest BCUT2D eigenvalue weighted by Gasteiger charge is -2.12. The van der Waals surface area contributed by atoms with Crippen molar-refractivity contribution in [1.29, 1.82) is 0 Å². The Kier molecular flexibility index (Phi) is 7.34. The summed E-state index contributed by atoms with van der Waals surface area (Å²) in [4.78, 5) is 12.7. The van der Waals surface area contributed by atoms with Crippen LogP contribution < -0.4 is 10.1 Å². The Labute approximate surface area is 201 Å². The van der Waals surface area contributed by atoms with E-state index in [-0.39, 0.29) is 17.4 Å². The Morgan fingerprint density at radius 1 is 1.09 bits per heavy atom. The van der Waals surface area contributed by atoms with Crippen LogP contribution in [0.1, 0.15) is 5.56 Å². The number of phenolic OH excluding ortho intramolecular Hbond substituents is 1. The molecule has 176 valence electrons. The van der Waals surface area contributed by atoms with Gasteiger partial charge >= 0.3 is 0 Å². The molecule has 0 bridgehead atoms. The number of carbonyl (C=O) groups excluding carboxylic acids is 1. The van der Waals surface area contributed by atoms with Crippen LogP contribution in [0.2, 0.25) is 0 Å². The first-order valence-corrected chi connectivity index (χ1v) is 11.7. The molecule has 4 rings (SSSR count). The maximum absolute atomic E-state index is 12.7. The van der Waals surface area contributed by atoms with Crippen molar-refractivity contribution in [3.8, 4) is 22.9 Å². The number of benzene rings is 3. The van der Waals surface area contributed by atoms with Gasteiger partial charge in [-0.3, -0.25) is 9.36 Å². The molecule has 8 nitrogen and oxygen atoms in total. The van der Waals surface area contributed by atoms with E-state index in [9.17, 15) is 9.90 Å². The van der Waals surface area contributed by atoms with Crippen molar-refractivity contribution in [1.82, 2.24) is 14.8 Å². The van der Waals surface area contributed by atoms with Crippen LogP contribution in [-0.4, -0.2) is 52.4 Å². The number of hydrogen-bond acceptors (Lipinski definition) is 7. The van der Waals surface area contributed by atoms with E-state index in [2.05, 4.69) is 15.5 Å². The summed E-state index contributed by atoms with van der Waals surface area (Å²) < 4.78 is 12.5. The van der Waals surface area contributed by atoms with Crippen LogP contribution in [0.4, 0.5) is 5.69 Å². The number of aryl methyl sites for hydroxylation is 1. The highest BCUT2D eigenvalue weighted by molar-refractivity contribution is 7.99.